The molecule has 7 amide bonds. The number of nitrogens with zero attached hydrogens (tertiary/aromatic N) is 5. The first-order chi connectivity index (χ1) is 42.3. The standard InChI is InChI=1S/C52H77N17O20S/c1-18-34(66-45(69-42(18)55)25(9-32(54)74)60-11-24(53)43(56)78)48(81)68-36(40(27-12-58-17-62-27)88-50-23(10-52(84,85)31(15-71)87-50)8-29-38(76)41(89-51(57)83)39(77)30(14-70)86-29)49(82)63-20(3)37(75)19(2)46(79)67-35(22(5)73)47(80)59-7-6-33-64-28(16-90-33)44-61-13-26(65-44)21(4)72/h12-13,16-17,19-20,22-25,29-31,35-41,50,60,70-71,73,75-77,84-85H,6-11,14-15,53H2,1-5H3,(H2,54,74)(H2,56,78)(H2,57,83)(H,58,62)(H,59,80)(H,61,65)(H,63,82)(H,67,79)(H,68,81)(H2,55,66,69). The third-order valence-electron chi connectivity index (χ3n) is 15.0. The Morgan fingerprint density at radius 1 is 0.900 bits per heavy atom. The van der Waals surface area contributed by atoms with E-state index in [1.54, 1.807) is 5.38 Å². The molecule has 0 radical (unpaired) electrons. The number of thiazole rings is 1. The minimum absolute atomic E-state index is 0.00254. The molecule has 4 aromatic rings. The van der Waals surface area contributed by atoms with Crippen molar-refractivity contribution in [2.75, 3.05) is 32.0 Å². The fourth-order valence-corrected chi connectivity index (χ4v) is 10.6. The van der Waals surface area contributed by atoms with Crippen molar-refractivity contribution in [3.63, 3.8) is 0 Å². The van der Waals surface area contributed by atoms with Gasteiger partial charge in [-0.1, -0.05) is 6.92 Å². The van der Waals surface area contributed by atoms with E-state index in [-0.39, 0.29) is 48.2 Å². The molecule has 25 N–H and O–H groups in total. The van der Waals surface area contributed by atoms with E-state index >= 15 is 4.79 Å². The highest BCUT2D eigenvalue weighted by molar-refractivity contribution is 7.09. The number of H-pyrrole nitrogens is 2. The van der Waals surface area contributed by atoms with E-state index < -0.39 is 189 Å². The van der Waals surface area contributed by atoms with Gasteiger partial charge in [0.2, 0.25) is 29.5 Å². The smallest absolute Gasteiger partial charge is 0.404 e. The molecule has 2 saturated heterocycles. The summed E-state index contributed by atoms with van der Waals surface area (Å²) < 4.78 is 23.3. The summed E-state index contributed by atoms with van der Waals surface area (Å²) in [6, 6.07) is -7.69. The van der Waals surface area contributed by atoms with Crippen LogP contribution in [0, 0.1) is 18.8 Å². The van der Waals surface area contributed by atoms with Crippen LogP contribution >= 0.6 is 11.3 Å². The van der Waals surface area contributed by atoms with Crippen LogP contribution < -0.4 is 55.3 Å². The second-order valence-corrected chi connectivity index (χ2v) is 22.7. The van der Waals surface area contributed by atoms with Crippen molar-refractivity contribution < 1.29 is 98.2 Å². The molecule has 6 heterocycles. The maximum Gasteiger partial charge on any atom is 0.404 e. The maximum atomic E-state index is 15.2. The van der Waals surface area contributed by atoms with Gasteiger partial charge in [0.25, 0.3) is 5.91 Å². The predicted octanol–water partition coefficient (Wildman–Crippen LogP) is -7.22. The number of carbonyl (C=O) groups excluding carboxylic acids is 8. The third kappa shape index (κ3) is 18.0. The topological polar surface area (TPSA) is 622 Å². The highest BCUT2D eigenvalue weighted by atomic mass is 32.1. The zero-order valence-corrected chi connectivity index (χ0v) is 50.1. The predicted molar refractivity (Wildman–Crippen MR) is 307 cm³/mol. The zero-order chi connectivity index (χ0) is 66.6. The Kier molecular flexibility index (Phi) is 24.8. The lowest BCUT2D eigenvalue weighted by atomic mass is 9.83. The lowest BCUT2D eigenvalue weighted by Crippen LogP contribution is -2.62. The van der Waals surface area contributed by atoms with Crippen molar-refractivity contribution in [1.29, 1.82) is 0 Å². The number of nitrogen functional groups attached to an aromatic ring is 1. The number of nitrogens with two attached hydrogens (primary N) is 5. The molecule has 0 aliphatic carbocycles. The molecule has 37 nitrogen and oxygen atoms in total. The van der Waals surface area contributed by atoms with Crippen LogP contribution in [0.1, 0.15) is 102 Å². The van der Waals surface area contributed by atoms with Crippen LogP contribution in [0.25, 0.3) is 11.5 Å². The first-order valence-corrected chi connectivity index (χ1v) is 28.9. The summed E-state index contributed by atoms with van der Waals surface area (Å²) in [6.45, 7) is 4.14. The fourth-order valence-electron chi connectivity index (χ4n) is 9.84. The van der Waals surface area contributed by atoms with Crippen LogP contribution in [-0.2, 0) is 49.3 Å². The first kappa shape index (κ1) is 71.2. The molecule has 496 valence electrons. The van der Waals surface area contributed by atoms with Gasteiger partial charge >= 0.3 is 6.09 Å². The van der Waals surface area contributed by atoms with Gasteiger partial charge in [0.15, 0.2) is 29.8 Å². The molecule has 17 unspecified atom stereocenters. The maximum absolute atomic E-state index is 15.2. The van der Waals surface area contributed by atoms with E-state index in [0.29, 0.717) is 22.2 Å². The molecule has 2 aliphatic rings. The van der Waals surface area contributed by atoms with Crippen LogP contribution in [0.5, 0.6) is 0 Å². The molecule has 2 aliphatic heterocycles. The molecule has 17 atom stereocenters. The summed E-state index contributed by atoms with van der Waals surface area (Å²) in [4.78, 5) is 132. The van der Waals surface area contributed by atoms with Gasteiger partial charge in [-0.25, -0.2) is 29.7 Å². The lowest BCUT2D eigenvalue weighted by molar-refractivity contribution is -0.353. The van der Waals surface area contributed by atoms with E-state index in [9.17, 15) is 74.4 Å². The molecular weight excluding hydrogens is 1210 g/mol. The Labute approximate surface area is 516 Å². The van der Waals surface area contributed by atoms with Gasteiger partial charge in [-0.15, -0.1) is 11.3 Å². The summed E-state index contributed by atoms with van der Waals surface area (Å²) in [5.41, 5.74) is 28.2. The van der Waals surface area contributed by atoms with Crippen molar-refractivity contribution in [3.05, 3.63) is 57.6 Å². The van der Waals surface area contributed by atoms with Crippen molar-refractivity contribution in [1.82, 2.24) is 61.5 Å². The summed E-state index contributed by atoms with van der Waals surface area (Å²) >= 11 is 1.26. The summed E-state index contributed by atoms with van der Waals surface area (Å²) in [6.07, 6.45) is -17.0. The molecule has 90 heavy (non-hydrogen) atoms. The van der Waals surface area contributed by atoms with Gasteiger partial charge in [0.1, 0.15) is 71.3 Å². The second-order valence-electron chi connectivity index (χ2n) is 21.8. The highest BCUT2D eigenvalue weighted by Gasteiger charge is 2.53. The largest absolute Gasteiger partial charge is 0.441 e. The van der Waals surface area contributed by atoms with Gasteiger partial charge in [0, 0.05) is 56.1 Å². The number of anilines is 1. The second kappa shape index (κ2) is 31.3. The van der Waals surface area contributed by atoms with E-state index in [4.69, 9.17) is 47.6 Å². The fraction of sp³-hybridized carbons (Fsp3) is 0.596. The third-order valence-corrected chi connectivity index (χ3v) is 15.9. The molecule has 4 aromatic heterocycles. The average Bonchev–Trinajstić information content (AvgIpc) is 3.00. The van der Waals surface area contributed by atoms with Crippen molar-refractivity contribution in [2.24, 2.45) is 34.8 Å². The van der Waals surface area contributed by atoms with Gasteiger partial charge in [-0.3, -0.25) is 33.6 Å². The molecule has 0 spiro atoms. The van der Waals surface area contributed by atoms with Gasteiger partial charge in [0.05, 0.1) is 85.0 Å². The number of hydrogen-bond acceptors (Lipinski definition) is 29. The van der Waals surface area contributed by atoms with Crippen LogP contribution in [0.4, 0.5) is 10.6 Å². The normalized spacial score (nSPS) is 23.7. The van der Waals surface area contributed by atoms with Gasteiger partial charge in [-0.05, 0) is 27.2 Å². The van der Waals surface area contributed by atoms with E-state index in [1.165, 1.54) is 52.2 Å². The van der Waals surface area contributed by atoms with Crippen molar-refractivity contribution in [3.8, 4) is 11.5 Å². The van der Waals surface area contributed by atoms with Crippen LogP contribution in [0.15, 0.2) is 24.1 Å². The van der Waals surface area contributed by atoms with Crippen molar-refractivity contribution in [2.45, 2.75) is 158 Å². The number of ether oxygens (including phenoxy) is 4. The quantitative estimate of drug-likeness (QED) is 0.0164. The number of hydrogen-bond donors (Lipinski definition) is 20. The lowest BCUT2D eigenvalue weighted by Gasteiger charge is -2.47. The SMILES string of the molecule is CC(=O)c1cnc(-c2csc(CCNC(=O)C(NC(=O)C(C)C(O)C(C)NC(=O)C(NC(=O)c3nc(C(CC(N)=O)NCC(N)C(N)=O)nc(N)c3C)C(OC3OC(CO)C(O)(O)CC3CC3OC(CO)C(O)C(OC(N)=O)C3O)c3cnc[nH]3)C(C)O)n2)[nH]1. The number of primary amides is 3. The van der Waals surface area contributed by atoms with E-state index in [2.05, 4.69) is 61.5 Å². The number of carbonyl (C=O) groups is 8. The van der Waals surface area contributed by atoms with Crippen LogP contribution in [-0.4, -0.2) is 234 Å². The molecule has 0 aromatic carbocycles. The monoisotopic (exact) mass is 1290 g/mol. The Morgan fingerprint density at radius 2 is 1.60 bits per heavy atom. The number of ketones is 1. The number of rotatable bonds is 31. The number of Topliss-reactive ketones (excluding diaryl/α,β-unsaturated/α-hetero) is 1. The summed E-state index contributed by atoms with van der Waals surface area (Å²) in [7, 11) is 0. The Morgan fingerprint density at radius 3 is 2.20 bits per heavy atom. The molecule has 6 rings (SSSR count). The van der Waals surface area contributed by atoms with Crippen molar-refractivity contribution >= 4 is 64.5 Å². The molecular formula is C52H77N17O20S. The highest BCUT2D eigenvalue weighted by Crippen LogP contribution is 2.40. The molecule has 0 saturated carbocycles. The number of amides is 7. The number of aliphatic hydroxyl groups is 8. The van der Waals surface area contributed by atoms with Crippen LogP contribution in [0.2, 0.25) is 0 Å². The average molecular weight is 1290 g/mol. The number of nitrogens with one attached hydrogen (secondary N) is 7. The van der Waals surface area contributed by atoms with Gasteiger partial charge < -0.3 is 125 Å². The van der Waals surface area contributed by atoms with Crippen LogP contribution in [0.3, 0.4) is 0 Å². The summed E-state index contributed by atoms with van der Waals surface area (Å²) in [5, 5.41) is 103. The Hall–Kier alpha value is -7.83. The first-order valence-electron chi connectivity index (χ1n) is 28.1. The van der Waals surface area contributed by atoms with Gasteiger partial charge in [-0.2, -0.15) is 0 Å². The molecule has 0 bridgehead atoms. The number of aromatic nitrogens is 7. The number of aromatic amines is 2. The zero-order valence-electron chi connectivity index (χ0n) is 49.3. The Bertz CT molecular complexity index is 3150. The molecule has 2 fully saturated rings. The summed E-state index contributed by atoms with van der Waals surface area (Å²) in [5.74, 6) is -12.3. The molecule has 38 heteroatoms. The number of imidazole rings is 2. The number of aliphatic hydroxyl groups excluding tert-OH is 6. The van der Waals surface area contributed by atoms with E-state index in [1.807, 2.05) is 0 Å². The minimum Gasteiger partial charge on any atom is -0.441 e. The minimum atomic E-state index is -2.87. The Balaban J connectivity index is 1.30. The van der Waals surface area contributed by atoms with E-state index in [0.717, 1.165) is 12.5 Å².